The molecule has 3 N–H and O–H groups in total. The van der Waals surface area contributed by atoms with E-state index in [0.717, 1.165) is 0 Å². The third-order valence-electron chi connectivity index (χ3n) is 3.93. The first-order valence-electron chi connectivity index (χ1n) is 8.27. The van der Waals surface area contributed by atoms with Crippen molar-refractivity contribution >= 4 is 11.8 Å². The van der Waals surface area contributed by atoms with Crippen LogP contribution in [-0.4, -0.2) is 41.8 Å². The highest BCUT2D eigenvalue weighted by Crippen LogP contribution is 2.16. The van der Waals surface area contributed by atoms with Gasteiger partial charge in [0, 0.05) is 18.5 Å². The fourth-order valence-corrected chi connectivity index (χ4v) is 2.51. The molecule has 1 aromatic carbocycles. The summed E-state index contributed by atoms with van der Waals surface area (Å²) in [7, 11) is 0. The van der Waals surface area contributed by atoms with Gasteiger partial charge in [-0.3, -0.25) is 9.59 Å². The molecule has 2 amide bonds. The highest BCUT2D eigenvalue weighted by Gasteiger charge is 2.28. The summed E-state index contributed by atoms with van der Waals surface area (Å²) in [6, 6.07) is 5.81. The minimum atomic E-state index is -0.607. The molecular weight excluding hydrogens is 327 g/mol. The topological polar surface area (TPSA) is 87.7 Å². The van der Waals surface area contributed by atoms with Gasteiger partial charge in [0.1, 0.15) is 11.9 Å². The van der Waals surface area contributed by atoms with Crippen molar-refractivity contribution in [3.8, 4) is 0 Å². The van der Waals surface area contributed by atoms with Gasteiger partial charge in [0.05, 0.1) is 25.2 Å². The number of nitrogens with one attached hydrogen (secondary N) is 2. The van der Waals surface area contributed by atoms with Gasteiger partial charge in [-0.25, -0.2) is 4.39 Å². The van der Waals surface area contributed by atoms with E-state index in [0.29, 0.717) is 12.0 Å². The fourth-order valence-electron chi connectivity index (χ4n) is 2.51. The molecule has 0 saturated heterocycles. The van der Waals surface area contributed by atoms with Crippen LogP contribution in [0.25, 0.3) is 0 Å². The molecule has 2 rings (SSSR count). The van der Waals surface area contributed by atoms with Crippen LogP contribution in [-0.2, 0) is 20.9 Å². The zero-order valence-electron chi connectivity index (χ0n) is 14.1. The van der Waals surface area contributed by atoms with E-state index >= 15 is 0 Å². The van der Waals surface area contributed by atoms with Crippen molar-refractivity contribution < 1.29 is 23.8 Å². The molecule has 0 radical (unpaired) electrons. The number of benzene rings is 1. The van der Waals surface area contributed by atoms with Crippen molar-refractivity contribution in [1.82, 2.24) is 10.6 Å². The number of aliphatic hydroxyl groups excluding tert-OH is 1. The largest absolute Gasteiger partial charge is 0.394 e. The second-order valence-corrected chi connectivity index (χ2v) is 5.80. The van der Waals surface area contributed by atoms with Crippen molar-refractivity contribution in [2.75, 3.05) is 6.61 Å². The number of rotatable bonds is 7. The minimum absolute atomic E-state index is 0.0515. The van der Waals surface area contributed by atoms with Crippen LogP contribution in [0.5, 0.6) is 0 Å². The average molecular weight is 350 g/mol. The Morgan fingerprint density at radius 1 is 1.24 bits per heavy atom. The number of halogens is 1. The Kier molecular flexibility index (Phi) is 7.09. The molecule has 1 aliphatic heterocycles. The standard InChI is InChI=1S/C18H23FN2O4/c1-2-17(23)21-15-8-7-13(25-16(15)11-22)9-18(24)20-10-12-5-3-4-6-14(12)19/h3-8,13,15-16,22H,2,9-11H2,1H3,(H,20,24)(H,21,23)/t13-,15-,16-/m0/s1. The third kappa shape index (κ3) is 5.65. The number of amides is 2. The normalized spacial score (nSPS) is 22.4. The Morgan fingerprint density at radius 3 is 2.68 bits per heavy atom. The summed E-state index contributed by atoms with van der Waals surface area (Å²) < 4.78 is 19.2. The maximum absolute atomic E-state index is 13.5. The first kappa shape index (κ1) is 19.1. The molecule has 0 bridgehead atoms. The van der Waals surface area contributed by atoms with Crippen LogP contribution in [0.1, 0.15) is 25.3 Å². The maximum atomic E-state index is 13.5. The van der Waals surface area contributed by atoms with Crippen molar-refractivity contribution in [2.45, 2.75) is 44.6 Å². The van der Waals surface area contributed by atoms with Crippen molar-refractivity contribution in [1.29, 1.82) is 0 Å². The number of carbonyl (C=O) groups excluding carboxylic acids is 2. The summed E-state index contributed by atoms with van der Waals surface area (Å²) >= 11 is 0. The Labute approximate surface area is 146 Å². The van der Waals surface area contributed by atoms with Gasteiger partial charge < -0.3 is 20.5 Å². The van der Waals surface area contributed by atoms with Gasteiger partial charge in [-0.15, -0.1) is 0 Å². The van der Waals surface area contributed by atoms with Crippen molar-refractivity contribution in [2.24, 2.45) is 0 Å². The lowest BCUT2D eigenvalue weighted by Gasteiger charge is -2.31. The highest BCUT2D eigenvalue weighted by molar-refractivity contribution is 5.77. The average Bonchev–Trinajstić information content (AvgIpc) is 2.62. The lowest BCUT2D eigenvalue weighted by atomic mass is 10.0. The fraction of sp³-hybridized carbons (Fsp3) is 0.444. The predicted molar refractivity (Wildman–Crippen MR) is 90.0 cm³/mol. The summed E-state index contributed by atoms with van der Waals surface area (Å²) in [5, 5.41) is 14.8. The molecule has 7 heteroatoms. The van der Waals surface area contributed by atoms with Crippen LogP contribution in [0.4, 0.5) is 4.39 Å². The van der Waals surface area contributed by atoms with Gasteiger partial charge in [0.25, 0.3) is 0 Å². The number of hydrogen-bond acceptors (Lipinski definition) is 4. The van der Waals surface area contributed by atoms with E-state index in [1.54, 1.807) is 37.3 Å². The molecular formula is C18H23FN2O4. The number of hydrogen-bond donors (Lipinski definition) is 3. The third-order valence-corrected chi connectivity index (χ3v) is 3.93. The van der Waals surface area contributed by atoms with Crippen LogP contribution in [0.15, 0.2) is 36.4 Å². The van der Waals surface area contributed by atoms with Gasteiger partial charge >= 0.3 is 0 Å². The molecule has 1 aliphatic rings. The van der Waals surface area contributed by atoms with Crippen LogP contribution in [0, 0.1) is 5.82 Å². The minimum Gasteiger partial charge on any atom is -0.394 e. The molecule has 1 heterocycles. The van der Waals surface area contributed by atoms with Crippen LogP contribution in [0.3, 0.4) is 0 Å². The maximum Gasteiger partial charge on any atom is 0.223 e. The summed E-state index contributed by atoms with van der Waals surface area (Å²) in [4.78, 5) is 23.5. The highest BCUT2D eigenvalue weighted by atomic mass is 19.1. The number of ether oxygens (including phenoxy) is 1. The second-order valence-electron chi connectivity index (χ2n) is 5.80. The molecule has 1 aromatic rings. The number of carbonyl (C=O) groups is 2. The Morgan fingerprint density at radius 2 is 2.00 bits per heavy atom. The number of aliphatic hydroxyl groups is 1. The van der Waals surface area contributed by atoms with E-state index in [1.165, 1.54) is 6.07 Å². The Bertz CT molecular complexity index is 635. The van der Waals surface area contributed by atoms with Crippen LogP contribution < -0.4 is 10.6 Å². The van der Waals surface area contributed by atoms with E-state index < -0.39 is 18.2 Å². The molecule has 0 fully saturated rings. The zero-order chi connectivity index (χ0) is 18.2. The molecule has 0 saturated carbocycles. The monoisotopic (exact) mass is 350 g/mol. The summed E-state index contributed by atoms with van der Waals surface area (Å²) in [5.74, 6) is -0.796. The van der Waals surface area contributed by atoms with Crippen LogP contribution in [0.2, 0.25) is 0 Å². The lowest BCUT2D eigenvalue weighted by molar-refractivity contribution is -0.128. The van der Waals surface area contributed by atoms with E-state index in [-0.39, 0.29) is 37.2 Å². The summed E-state index contributed by atoms with van der Waals surface area (Å²) in [6.45, 7) is 1.56. The van der Waals surface area contributed by atoms with Crippen molar-refractivity contribution in [3.05, 3.63) is 47.8 Å². The molecule has 136 valence electrons. The van der Waals surface area contributed by atoms with E-state index in [2.05, 4.69) is 10.6 Å². The van der Waals surface area contributed by atoms with Gasteiger partial charge in [0.15, 0.2) is 0 Å². The smallest absolute Gasteiger partial charge is 0.223 e. The molecule has 0 unspecified atom stereocenters. The van der Waals surface area contributed by atoms with Gasteiger partial charge in [-0.1, -0.05) is 37.3 Å². The summed E-state index contributed by atoms with van der Waals surface area (Å²) in [6.07, 6.45) is 2.69. The van der Waals surface area contributed by atoms with E-state index in [4.69, 9.17) is 4.74 Å². The van der Waals surface area contributed by atoms with Gasteiger partial charge in [0.2, 0.25) is 11.8 Å². The molecule has 0 spiro atoms. The van der Waals surface area contributed by atoms with E-state index in [9.17, 15) is 19.1 Å². The molecule has 0 aromatic heterocycles. The predicted octanol–water partition coefficient (Wildman–Crippen LogP) is 1.04. The van der Waals surface area contributed by atoms with Gasteiger partial charge in [-0.2, -0.15) is 0 Å². The van der Waals surface area contributed by atoms with Gasteiger partial charge in [-0.05, 0) is 6.07 Å². The second kappa shape index (κ2) is 9.29. The summed E-state index contributed by atoms with van der Waals surface area (Å²) in [5.41, 5.74) is 0.409. The van der Waals surface area contributed by atoms with Crippen molar-refractivity contribution in [3.63, 3.8) is 0 Å². The molecule has 6 nitrogen and oxygen atoms in total. The molecule has 0 aliphatic carbocycles. The zero-order valence-corrected chi connectivity index (χ0v) is 14.1. The SMILES string of the molecule is CCC(=O)N[C@H]1C=C[C@@H](CC(=O)NCc2ccccc2F)O[C@H]1CO. The van der Waals surface area contributed by atoms with E-state index in [1.807, 2.05) is 0 Å². The first-order chi connectivity index (χ1) is 12.0. The van der Waals surface area contributed by atoms with Crippen LogP contribution >= 0.6 is 0 Å². The quantitative estimate of drug-likeness (QED) is 0.641. The molecule has 25 heavy (non-hydrogen) atoms. The Balaban J connectivity index is 1.86. The Hall–Kier alpha value is -2.25. The lowest BCUT2D eigenvalue weighted by Crippen LogP contribution is -2.48. The molecule has 3 atom stereocenters. The first-order valence-corrected chi connectivity index (χ1v) is 8.27.